The van der Waals surface area contributed by atoms with Crippen LogP contribution in [0.3, 0.4) is 0 Å². The van der Waals surface area contributed by atoms with Crippen molar-refractivity contribution in [1.82, 2.24) is 0 Å². The first kappa shape index (κ1) is 27.9. The van der Waals surface area contributed by atoms with E-state index < -0.39 is 0 Å². The van der Waals surface area contributed by atoms with Crippen LogP contribution in [0.25, 0.3) is 0 Å². The standard InChI is InChI=1S/C23H32O4.C5H10/c1-19-6-10-21(11-7-19)14-17-25-23(24)5-3-4-16-26-27-18-15-22-12-8-20(2)9-13-22;1-4-5(2)3/h6,8-10,12-13H,3-5,7,11,14-18H2,1-2H3;4H,1-3H3. The summed E-state index contributed by atoms with van der Waals surface area (Å²) < 4.78 is 5.30. The van der Waals surface area contributed by atoms with Gasteiger partial charge in [-0.2, -0.15) is 0 Å². The van der Waals surface area contributed by atoms with Crippen molar-refractivity contribution in [3.8, 4) is 0 Å². The van der Waals surface area contributed by atoms with E-state index in [-0.39, 0.29) is 5.97 Å². The Hall–Kier alpha value is -2.17. The molecule has 0 unspecified atom stereocenters. The summed E-state index contributed by atoms with van der Waals surface area (Å²) in [6.45, 7) is 11.9. The van der Waals surface area contributed by atoms with Crippen LogP contribution in [0, 0.1) is 6.92 Å². The molecule has 0 atom stereocenters. The van der Waals surface area contributed by atoms with Crippen LogP contribution in [0.4, 0.5) is 0 Å². The van der Waals surface area contributed by atoms with Crippen LogP contribution in [-0.4, -0.2) is 25.8 Å². The molecule has 0 N–H and O–H groups in total. The minimum absolute atomic E-state index is 0.126. The average Bonchev–Trinajstić information content (AvgIpc) is 2.78. The van der Waals surface area contributed by atoms with E-state index in [1.54, 1.807) is 0 Å². The predicted octanol–water partition coefficient (Wildman–Crippen LogP) is 7.23. The van der Waals surface area contributed by atoms with Crippen molar-refractivity contribution in [3.63, 3.8) is 0 Å². The molecule has 178 valence electrons. The van der Waals surface area contributed by atoms with Crippen molar-refractivity contribution in [2.75, 3.05) is 19.8 Å². The van der Waals surface area contributed by atoms with Crippen LogP contribution in [0.1, 0.15) is 77.3 Å². The Bertz CT molecular complexity index is 737. The second kappa shape index (κ2) is 17.4. The Morgan fingerprint density at radius 3 is 2.22 bits per heavy atom. The number of ether oxygens (including phenoxy) is 1. The van der Waals surface area contributed by atoms with E-state index in [9.17, 15) is 4.79 Å². The molecule has 1 aliphatic rings. The van der Waals surface area contributed by atoms with E-state index in [2.05, 4.69) is 70.2 Å². The maximum Gasteiger partial charge on any atom is 0.305 e. The summed E-state index contributed by atoms with van der Waals surface area (Å²) in [6, 6.07) is 8.40. The molecule has 4 heteroatoms. The number of allylic oxidation sites excluding steroid dienone is 5. The third kappa shape index (κ3) is 14.8. The number of aryl methyl sites for hydroxylation is 1. The van der Waals surface area contributed by atoms with Crippen LogP contribution in [0.15, 0.2) is 59.2 Å². The largest absolute Gasteiger partial charge is 0.465 e. The molecule has 0 aromatic heterocycles. The van der Waals surface area contributed by atoms with Gasteiger partial charge in [0.1, 0.15) is 0 Å². The highest BCUT2D eigenvalue weighted by Gasteiger charge is 2.06. The van der Waals surface area contributed by atoms with Gasteiger partial charge in [0, 0.05) is 12.8 Å². The van der Waals surface area contributed by atoms with Gasteiger partial charge in [0.15, 0.2) is 0 Å². The number of esters is 1. The van der Waals surface area contributed by atoms with Crippen molar-refractivity contribution in [2.24, 2.45) is 0 Å². The average molecular weight is 443 g/mol. The second-order valence-corrected chi connectivity index (χ2v) is 8.51. The smallest absolute Gasteiger partial charge is 0.305 e. The van der Waals surface area contributed by atoms with Gasteiger partial charge in [-0.25, -0.2) is 9.78 Å². The van der Waals surface area contributed by atoms with E-state index in [0.717, 1.165) is 38.5 Å². The monoisotopic (exact) mass is 442 g/mol. The Labute approximate surface area is 195 Å². The quantitative estimate of drug-likeness (QED) is 0.113. The summed E-state index contributed by atoms with van der Waals surface area (Å²) in [5.41, 5.74) is 6.65. The lowest BCUT2D eigenvalue weighted by molar-refractivity contribution is -0.294. The Morgan fingerprint density at radius 2 is 1.59 bits per heavy atom. The van der Waals surface area contributed by atoms with Gasteiger partial charge in [-0.05, 0) is 72.3 Å². The molecule has 0 fully saturated rings. The van der Waals surface area contributed by atoms with E-state index in [4.69, 9.17) is 14.5 Å². The molecule has 0 heterocycles. The Balaban J connectivity index is 0.000000920. The normalized spacial score (nSPS) is 12.8. The van der Waals surface area contributed by atoms with Gasteiger partial charge in [-0.1, -0.05) is 64.8 Å². The first-order valence-corrected chi connectivity index (χ1v) is 11.8. The molecule has 0 saturated heterocycles. The summed E-state index contributed by atoms with van der Waals surface area (Å²) in [4.78, 5) is 22.1. The zero-order valence-electron chi connectivity index (χ0n) is 20.7. The maximum atomic E-state index is 11.7. The lowest BCUT2D eigenvalue weighted by atomic mass is 9.98. The third-order valence-corrected chi connectivity index (χ3v) is 5.24. The van der Waals surface area contributed by atoms with Gasteiger partial charge in [0.05, 0.1) is 19.8 Å². The molecule has 0 amide bonds. The number of rotatable bonds is 12. The van der Waals surface area contributed by atoms with Gasteiger partial charge in [0.25, 0.3) is 0 Å². The number of hydrogen-bond acceptors (Lipinski definition) is 4. The molecule has 4 nitrogen and oxygen atoms in total. The van der Waals surface area contributed by atoms with Gasteiger partial charge in [-0.15, -0.1) is 0 Å². The van der Waals surface area contributed by atoms with Crippen molar-refractivity contribution in [3.05, 3.63) is 70.3 Å². The van der Waals surface area contributed by atoms with Crippen LogP contribution in [0.5, 0.6) is 0 Å². The van der Waals surface area contributed by atoms with E-state index in [0.29, 0.717) is 26.2 Å². The Kier molecular flexibility index (Phi) is 15.1. The molecule has 32 heavy (non-hydrogen) atoms. The number of hydrogen-bond donors (Lipinski definition) is 0. The fourth-order valence-electron chi connectivity index (χ4n) is 2.82. The van der Waals surface area contributed by atoms with Crippen LogP contribution in [0.2, 0.25) is 0 Å². The van der Waals surface area contributed by atoms with Crippen molar-refractivity contribution in [1.29, 1.82) is 0 Å². The van der Waals surface area contributed by atoms with Crippen molar-refractivity contribution in [2.45, 2.75) is 79.6 Å². The molecular formula is C28H42O4. The number of unbranched alkanes of at least 4 members (excludes halogenated alkanes) is 1. The zero-order valence-corrected chi connectivity index (χ0v) is 20.7. The van der Waals surface area contributed by atoms with Gasteiger partial charge in [0.2, 0.25) is 0 Å². The molecule has 0 spiro atoms. The molecular weight excluding hydrogens is 400 g/mol. The number of benzene rings is 1. The maximum absolute atomic E-state index is 11.7. The highest BCUT2D eigenvalue weighted by molar-refractivity contribution is 5.69. The molecule has 0 saturated carbocycles. The summed E-state index contributed by atoms with van der Waals surface area (Å²) in [6.07, 6.45) is 12.2. The molecule has 1 aromatic carbocycles. The summed E-state index contributed by atoms with van der Waals surface area (Å²) in [5.74, 6) is -0.126. The zero-order chi connectivity index (χ0) is 23.6. The van der Waals surface area contributed by atoms with E-state index >= 15 is 0 Å². The van der Waals surface area contributed by atoms with Gasteiger partial charge in [-0.3, -0.25) is 4.79 Å². The Morgan fingerprint density at radius 1 is 0.906 bits per heavy atom. The second-order valence-electron chi connectivity index (χ2n) is 8.51. The molecule has 2 rings (SSSR count). The van der Waals surface area contributed by atoms with Crippen LogP contribution >= 0.6 is 0 Å². The fourth-order valence-corrected chi connectivity index (χ4v) is 2.82. The first-order valence-electron chi connectivity index (χ1n) is 11.8. The van der Waals surface area contributed by atoms with Gasteiger partial charge < -0.3 is 4.74 Å². The lowest BCUT2D eigenvalue weighted by Gasteiger charge is -2.12. The highest BCUT2D eigenvalue weighted by atomic mass is 17.2. The first-order chi connectivity index (χ1) is 15.4. The summed E-state index contributed by atoms with van der Waals surface area (Å²) >= 11 is 0. The number of carbonyl (C=O) groups is 1. The number of carbonyl (C=O) groups excluding carboxylic acids is 1. The fraction of sp³-hybridized carbons (Fsp3) is 0.536. The molecule has 0 bridgehead atoms. The molecule has 1 aromatic rings. The highest BCUT2D eigenvalue weighted by Crippen LogP contribution is 2.20. The van der Waals surface area contributed by atoms with Crippen LogP contribution < -0.4 is 0 Å². The van der Waals surface area contributed by atoms with Crippen molar-refractivity contribution < 1.29 is 19.3 Å². The summed E-state index contributed by atoms with van der Waals surface area (Å²) in [5, 5.41) is 0. The SMILES string of the molecule is CC1=CC=C(CCOC(=O)CCCCOOCCc2ccc(C)cc2)CC1.CC=C(C)C. The predicted molar refractivity (Wildman–Crippen MR) is 132 cm³/mol. The summed E-state index contributed by atoms with van der Waals surface area (Å²) in [7, 11) is 0. The van der Waals surface area contributed by atoms with E-state index in [1.165, 1.54) is 27.8 Å². The minimum Gasteiger partial charge on any atom is -0.465 e. The van der Waals surface area contributed by atoms with Crippen molar-refractivity contribution >= 4 is 5.97 Å². The molecule has 0 aliphatic heterocycles. The lowest BCUT2D eigenvalue weighted by Crippen LogP contribution is -2.08. The third-order valence-electron chi connectivity index (χ3n) is 5.24. The van der Waals surface area contributed by atoms with Gasteiger partial charge >= 0.3 is 5.97 Å². The minimum atomic E-state index is -0.126. The molecule has 0 radical (unpaired) electrons. The molecule has 1 aliphatic carbocycles. The van der Waals surface area contributed by atoms with Crippen LogP contribution in [-0.2, 0) is 25.7 Å². The van der Waals surface area contributed by atoms with E-state index in [1.807, 2.05) is 6.92 Å². The topological polar surface area (TPSA) is 44.8 Å².